The van der Waals surface area contributed by atoms with Gasteiger partial charge in [0.1, 0.15) is 6.20 Å². The number of nitrogens with zero attached hydrogens (tertiary/aromatic N) is 3. The van der Waals surface area contributed by atoms with Crippen molar-refractivity contribution < 1.29 is 4.92 Å². The van der Waals surface area contributed by atoms with Gasteiger partial charge >= 0.3 is 11.4 Å². The highest BCUT2D eigenvalue weighted by atomic mass is 79.9. The van der Waals surface area contributed by atoms with E-state index in [1.165, 1.54) is 10.8 Å². The molecule has 1 aromatic rings. The zero-order valence-electron chi connectivity index (χ0n) is 9.67. The van der Waals surface area contributed by atoms with Gasteiger partial charge in [-0.2, -0.15) is 4.98 Å². The Balaban J connectivity index is 3.00. The van der Waals surface area contributed by atoms with Gasteiger partial charge in [0.15, 0.2) is 0 Å². The van der Waals surface area contributed by atoms with Crippen molar-refractivity contribution in [3.63, 3.8) is 0 Å². The van der Waals surface area contributed by atoms with Gasteiger partial charge in [-0.1, -0.05) is 29.8 Å². The summed E-state index contributed by atoms with van der Waals surface area (Å²) in [5, 5.41) is 11.3. The lowest BCUT2D eigenvalue weighted by Crippen LogP contribution is -2.28. The van der Waals surface area contributed by atoms with Gasteiger partial charge in [-0.15, -0.1) is 0 Å². The van der Waals surface area contributed by atoms with Crippen molar-refractivity contribution in [3.8, 4) is 0 Å². The van der Waals surface area contributed by atoms with Crippen LogP contribution in [-0.2, 0) is 6.54 Å². The normalized spacial score (nSPS) is 12.7. The monoisotopic (exact) mass is 303 g/mol. The van der Waals surface area contributed by atoms with E-state index in [1.54, 1.807) is 0 Å². The first-order valence-electron chi connectivity index (χ1n) is 5.22. The van der Waals surface area contributed by atoms with Gasteiger partial charge < -0.3 is 0 Å². The van der Waals surface area contributed by atoms with Crippen LogP contribution in [-0.4, -0.2) is 19.8 Å². The molecule has 94 valence electrons. The Hall–Kier alpha value is -1.24. The molecule has 0 fully saturated rings. The largest absolute Gasteiger partial charge is 0.347 e. The summed E-state index contributed by atoms with van der Waals surface area (Å²) in [7, 11) is 0. The molecule has 0 radical (unpaired) electrons. The van der Waals surface area contributed by atoms with E-state index in [0.717, 1.165) is 11.5 Å². The van der Waals surface area contributed by atoms with E-state index in [-0.39, 0.29) is 11.6 Å². The van der Waals surface area contributed by atoms with Crippen LogP contribution in [0.1, 0.15) is 13.8 Å². The van der Waals surface area contributed by atoms with Gasteiger partial charge in [-0.3, -0.25) is 14.7 Å². The summed E-state index contributed by atoms with van der Waals surface area (Å²) in [5.41, 5.74) is -0.621. The van der Waals surface area contributed by atoms with Gasteiger partial charge in [0.25, 0.3) is 0 Å². The highest BCUT2D eigenvalue weighted by molar-refractivity contribution is 9.09. The van der Waals surface area contributed by atoms with E-state index >= 15 is 0 Å². The second kappa shape index (κ2) is 5.90. The minimum atomic E-state index is -0.554. The highest BCUT2D eigenvalue weighted by Crippen LogP contribution is 2.16. The van der Waals surface area contributed by atoms with Crippen LogP contribution in [0.4, 0.5) is 5.69 Å². The summed E-state index contributed by atoms with van der Waals surface area (Å²) in [6, 6.07) is 0. The Morgan fingerprint density at radius 3 is 2.71 bits per heavy atom. The van der Waals surface area contributed by atoms with E-state index in [0.29, 0.717) is 12.5 Å². The lowest BCUT2D eigenvalue weighted by Gasteiger charge is -2.18. The molecule has 1 heterocycles. The van der Waals surface area contributed by atoms with E-state index < -0.39 is 10.6 Å². The average Bonchev–Trinajstić information content (AvgIpc) is 2.27. The molecule has 0 aliphatic carbocycles. The summed E-state index contributed by atoms with van der Waals surface area (Å²) in [6.45, 7) is 4.51. The fraction of sp³-hybridized carbons (Fsp3) is 0.600. The van der Waals surface area contributed by atoms with Gasteiger partial charge in [-0.25, -0.2) is 4.79 Å². The molecular formula is C10H14BrN3O3. The molecule has 0 aromatic carbocycles. The molecular weight excluding hydrogens is 290 g/mol. The maximum Gasteiger partial charge on any atom is 0.347 e. The third-order valence-corrected chi connectivity index (χ3v) is 3.46. The van der Waals surface area contributed by atoms with Gasteiger partial charge in [-0.05, 0) is 11.8 Å². The van der Waals surface area contributed by atoms with Crippen molar-refractivity contribution in [1.29, 1.82) is 0 Å². The summed E-state index contributed by atoms with van der Waals surface area (Å²) < 4.78 is 1.30. The zero-order valence-corrected chi connectivity index (χ0v) is 11.3. The highest BCUT2D eigenvalue weighted by Gasteiger charge is 2.16. The van der Waals surface area contributed by atoms with Crippen molar-refractivity contribution >= 4 is 21.6 Å². The topological polar surface area (TPSA) is 78.0 Å². The van der Waals surface area contributed by atoms with Crippen molar-refractivity contribution in [1.82, 2.24) is 9.55 Å². The molecule has 0 aliphatic rings. The average molecular weight is 304 g/mol. The Labute approximate surface area is 107 Å². The first-order valence-corrected chi connectivity index (χ1v) is 6.34. The third-order valence-electron chi connectivity index (χ3n) is 2.62. The lowest BCUT2D eigenvalue weighted by atomic mass is 9.98. The van der Waals surface area contributed by atoms with Crippen LogP contribution in [0.3, 0.4) is 0 Å². The van der Waals surface area contributed by atoms with E-state index in [2.05, 4.69) is 20.9 Å². The van der Waals surface area contributed by atoms with Crippen LogP contribution in [0.25, 0.3) is 0 Å². The molecule has 0 amide bonds. The predicted molar refractivity (Wildman–Crippen MR) is 67.3 cm³/mol. The minimum absolute atomic E-state index is 0.165. The van der Waals surface area contributed by atoms with Gasteiger partial charge in [0.2, 0.25) is 0 Å². The summed E-state index contributed by atoms with van der Waals surface area (Å²) in [4.78, 5) is 25.0. The number of alkyl halides is 1. The number of rotatable bonds is 5. The number of nitro groups is 1. The van der Waals surface area contributed by atoms with Gasteiger partial charge in [0, 0.05) is 11.9 Å². The molecule has 0 saturated heterocycles. The van der Waals surface area contributed by atoms with E-state index in [9.17, 15) is 14.9 Å². The number of halogens is 1. The number of hydrogen-bond acceptors (Lipinski definition) is 4. The second-order valence-electron chi connectivity index (χ2n) is 4.16. The molecule has 0 N–H and O–H groups in total. The summed E-state index contributed by atoms with van der Waals surface area (Å²) >= 11 is 3.38. The Morgan fingerprint density at radius 1 is 1.59 bits per heavy atom. The molecule has 0 saturated carbocycles. The quantitative estimate of drug-likeness (QED) is 0.472. The van der Waals surface area contributed by atoms with Crippen LogP contribution >= 0.6 is 15.9 Å². The van der Waals surface area contributed by atoms with Gasteiger partial charge in [0.05, 0.1) is 11.1 Å². The van der Waals surface area contributed by atoms with E-state index in [1.807, 2.05) is 13.8 Å². The lowest BCUT2D eigenvalue weighted by molar-refractivity contribution is -0.385. The predicted octanol–water partition coefficient (Wildman–Crippen LogP) is 1.82. The maximum atomic E-state index is 11.5. The van der Waals surface area contributed by atoms with Crippen molar-refractivity contribution in [2.75, 3.05) is 5.33 Å². The molecule has 0 bridgehead atoms. The Bertz CT molecular complexity index is 458. The van der Waals surface area contributed by atoms with E-state index in [4.69, 9.17) is 0 Å². The first kappa shape index (κ1) is 13.8. The molecule has 1 rings (SSSR count). The second-order valence-corrected chi connectivity index (χ2v) is 4.81. The van der Waals surface area contributed by atoms with Crippen molar-refractivity contribution in [2.24, 2.45) is 11.8 Å². The zero-order chi connectivity index (χ0) is 13.0. The standard InChI is InChI=1S/C10H14BrN3O3/c1-7(2)8(3-11)5-13-6-9(14(16)17)4-12-10(13)15/h4,6-8H,3,5H2,1-2H3. The molecule has 0 aliphatic heterocycles. The third kappa shape index (κ3) is 3.62. The molecule has 1 atom stereocenters. The molecule has 7 heteroatoms. The van der Waals surface area contributed by atoms with Crippen LogP contribution in [0.5, 0.6) is 0 Å². The van der Waals surface area contributed by atoms with Crippen molar-refractivity contribution in [3.05, 3.63) is 33.0 Å². The smallest absolute Gasteiger partial charge is 0.292 e. The summed E-state index contributed by atoms with van der Waals surface area (Å²) in [6.07, 6.45) is 2.23. The minimum Gasteiger partial charge on any atom is -0.292 e. The van der Waals surface area contributed by atoms with Crippen LogP contribution < -0.4 is 5.69 Å². The molecule has 6 nitrogen and oxygen atoms in total. The molecule has 0 spiro atoms. The fourth-order valence-electron chi connectivity index (χ4n) is 1.36. The van der Waals surface area contributed by atoms with Crippen LogP contribution in [0.2, 0.25) is 0 Å². The summed E-state index contributed by atoms with van der Waals surface area (Å²) in [5.74, 6) is 0.608. The fourth-order valence-corrected chi connectivity index (χ4v) is 2.31. The maximum absolute atomic E-state index is 11.5. The van der Waals surface area contributed by atoms with Crippen molar-refractivity contribution in [2.45, 2.75) is 20.4 Å². The van der Waals surface area contributed by atoms with Crippen LogP contribution in [0.15, 0.2) is 17.2 Å². The van der Waals surface area contributed by atoms with Crippen LogP contribution in [0, 0.1) is 22.0 Å². The Kier molecular flexibility index (Phi) is 4.80. The SMILES string of the molecule is CC(C)C(CBr)Cn1cc([N+](=O)[O-])cnc1=O. The number of aromatic nitrogens is 2. The molecule has 17 heavy (non-hydrogen) atoms. The first-order chi connectivity index (χ1) is 7.95. The number of hydrogen-bond donors (Lipinski definition) is 0. The molecule has 1 aromatic heterocycles. The Morgan fingerprint density at radius 2 is 2.24 bits per heavy atom. The molecule has 1 unspecified atom stereocenters.